The first kappa shape index (κ1) is 16.2. The van der Waals surface area contributed by atoms with Gasteiger partial charge < -0.3 is 9.84 Å². The van der Waals surface area contributed by atoms with Gasteiger partial charge in [-0.1, -0.05) is 6.07 Å². The van der Waals surface area contributed by atoms with Crippen molar-refractivity contribution < 1.29 is 14.2 Å². The summed E-state index contributed by atoms with van der Waals surface area (Å²) in [5, 5.41) is 9.84. The molecule has 1 N–H and O–H groups in total. The lowest BCUT2D eigenvalue weighted by molar-refractivity contribution is 0.0166. The Morgan fingerprint density at radius 3 is 2.33 bits per heavy atom. The zero-order valence-corrected chi connectivity index (χ0v) is 13.1. The van der Waals surface area contributed by atoms with Crippen LogP contribution >= 0.6 is 0 Å². The minimum atomic E-state index is -0.652. The summed E-state index contributed by atoms with van der Waals surface area (Å²) in [6, 6.07) is 5.13. The lowest BCUT2D eigenvalue weighted by Gasteiger charge is -2.37. The molecule has 4 nitrogen and oxygen atoms in total. The second kappa shape index (κ2) is 6.73. The number of hydrogen-bond acceptors (Lipinski definition) is 4. The second-order valence-electron chi connectivity index (χ2n) is 6.33. The third kappa shape index (κ3) is 4.95. The zero-order chi connectivity index (χ0) is 15.5. The highest BCUT2D eigenvalue weighted by Crippen LogP contribution is 2.19. The van der Waals surface area contributed by atoms with Gasteiger partial charge >= 0.3 is 0 Å². The Kier molecular flexibility index (Phi) is 5.19. The van der Waals surface area contributed by atoms with Crippen LogP contribution in [0.1, 0.15) is 19.4 Å². The minimum Gasteiger partial charge on any atom is -0.494 e. The highest BCUT2D eigenvalue weighted by molar-refractivity contribution is 5.29. The molecule has 1 aromatic carbocycles. The molecule has 1 aliphatic heterocycles. The molecule has 0 aliphatic carbocycles. The molecule has 0 spiro atoms. The summed E-state index contributed by atoms with van der Waals surface area (Å²) in [6.45, 7) is 8.84. The SMILES string of the molecule is COc1ccc(CN2CCN(CC(C)(C)O)CC2)cc1F. The first-order chi connectivity index (χ1) is 9.87. The van der Waals surface area contributed by atoms with E-state index in [0.717, 1.165) is 38.3 Å². The number of piperazine rings is 1. The van der Waals surface area contributed by atoms with Crippen molar-refractivity contribution in [3.63, 3.8) is 0 Å². The van der Waals surface area contributed by atoms with Crippen LogP contribution in [0.5, 0.6) is 5.75 Å². The summed E-state index contributed by atoms with van der Waals surface area (Å²) in [6.07, 6.45) is 0. The van der Waals surface area contributed by atoms with Crippen molar-refractivity contribution >= 4 is 0 Å². The Morgan fingerprint density at radius 1 is 1.19 bits per heavy atom. The molecule has 118 valence electrons. The number of nitrogens with zero attached hydrogens (tertiary/aromatic N) is 2. The van der Waals surface area contributed by atoms with Crippen molar-refractivity contribution in [1.29, 1.82) is 0 Å². The Morgan fingerprint density at radius 2 is 1.81 bits per heavy atom. The number of ether oxygens (including phenoxy) is 1. The molecule has 0 atom stereocenters. The van der Waals surface area contributed by atoms with E-state index in [2.05, 4.69) is 9.80 Å². The molecular weight excluding hydrogens is 271 g/mol. The second-order valence-corrected chi connectivity index (χ2v) is 6.33. The topological polar surface area (TPSA) is 35.9 Å². The highest BCUT2D eigenvalue weighted by Gasteiger charge is 2.22. The van der Waals surface area contributed by atoms with Crippen LogP contribution < -0.4 is 4.74 Å². The fraction of sp³-hybridized carbons (Fsp3) is 0.625. The predicted octanol–water partition coefficient (Wildman–Crippen LogP) is 1.72. The third-order valence-corrected chi connectivity index (χ3v) is 3.70. The number of benzene rings is 1. The van der Waals surface area contributed by atoms with Gasteiger partial charge in [-0.2, -0.15) is 0 Å². The van der Waals surface area contributed by atoms with Gasteiger partial charge in [-0.05, 0) is 31.5 Å². The first-order valence-corrected chi connectivity index (χ1v) is 7.37. The van der Waals surface area contributed by atoms with Gasteiger partial charge in [0.15, 0.2) is 11.6 Å². The van der Waals surface area contributed by atoms with E-state index >= 15 is 0 Å². The van der Waals surface area contributed by atoms with E-state index in [4.69, 9.17) is 4.74 Å². The molecule has 0 aromatic heterocycles. The van der Waals surface area contributed by atoms with Crippen molar-refractivity contribution in [3.05, 3.63) is 29.6 Å². The molecule has 0 bridgehead atoms. The van der Waals surface area contributed by atoms with E-state index in [1.807, 2.05) is 19.9 Å². The van der Waals surface area contributed by atoms with Gasteiger partial charge in [-0.25, -0.2) is 4.39 Å². The molecule has 1 saturated heterocycles. The van der Waals surface area contributed by atoms with Crippen LogP contribution in [0.2, 0.25) is 0 Å². The molecule has 1 fully saturated rings. The molecule has 5 heteroatoms. The molecule has 2 rings (SSSR count). The first-order valence-electron chi connectivity index (χ1n) is 7.37. The Bertz CT molecular complexity index is 466. The number of β-amino-alcohol motifs (C(OH)–C–C–N with tert-alkyl or cyclic N) is 1. The van der Waals surface area contributed by atoms with Crippen molar-refractivity contribution in [2.24, 2.45) is 0 Å². The molecule has 1 heterocycles. The van der Waals surface area contributed by atoms with Crippen LogP contribution in [0.3, 0.4) is 0 Å². The minimum absolute atomic E-state index is 0.286. The van der Waals surface area contributed by atoms with Crippen LogP contribution in [0.4, 0.5) is 4.39 Å². The standard InChI is InChI=1S/C16H25FN2O2/c1-16(2,20)12-19-8-6-18(7-9-19)11-13-4-5-15(21-3)14(17)10-13/h4-5,10,20H,6-9,11-12H2,1-3H3. The van der Waals surface area contributed by atoms with Gasteiger partial charge in [0, 0.05) is 39.3 Å². The summed E-state index contributed by atoms with van der Waals surface area (Å²) in [7, 11) is 1.47. The Labute approximate surface area is 126 Å². The van der Waals surface area contributed by atoms with E-state index in [0.29, 0.717) is 6.54 Å². The number of aliphatic hydroxyl groups is 1. The predicted molar refractivity (Wildman–Crippen MR) is 81.0 cm³/mol. The van der Waals surface area contributed by atoms with Crippen molar-refractivity contribution in [3.8, 4) is 5.75 Å². The van der Waals surface area contributed by atoms with Crippen LogP contribution in [-0.4, -0.2) is 60.3 Å². The van der Waals surface area contributed by atoms with Gasteiger partial charge in [-0.3, -0.25) is 9.80 Å². The summed E-state index contributed by atoms with van der Waals surface area (Å²) in [5.74, 6) is -0.0237. The molecule has 0 amide bonds. The number of rotatable bonds is 5. The highest BCUT2D eigenvalue weighted by atomic mass is 19.1. The molecule has 1 aliphatic rings. The molecule has 0 radical (unpaired) electrons. The van der Waals surface area contributed by atoms with Crippen LogP contribution in [0.15, 0.2) is 18.2 Å². The van der Waals surface area contributed by atoms with E-state index < -0.39 is 5.60 Å². The van der Waals surface area contributed by atoms with Crippen molar-refractivity contribution in [1.82, 2.24) is 9.80 Å². The van der Waals surface area contributed by atoms with Gasteiger partial charge in [0.25, 0.3) is 0 Å². The number of methoxy groups -OCH3 is 1. The summed E-state index contributed by atoms with van der Waals surface area (Å²) < 4.78 is 18.6. The molecular formula is C16H25FN2O2. The van der Waals surface area contributed by atoms with Crippen LogP contribution in [0.25, 0.3) is 0 Å². The average Bonchev–Trinajstić information content (AvgIpc) is 2.40. The van der Waals surface area contributed by atoms with Gasteiger partial charge in [0.2, 0.25) is 0 Å². The fourth-order valence-corrected chi connectivity index (χ4v) is 2.72. The Balaban J connectivity index is 1.85. The van der Waals surface area contributed by atoms with Crippen LogP contribution in [0, 0.1) is 5.82 Å². The number of hydrogen-bond donors (Lipinski definition) is 1. The van der Waals surface area contributed by atoms with Gasteiger partial charge in [0.05, 0.1) is 12.7 Å². The van der Waals surface area contributed by atoms with Crippen LogP contribution in [-0.2, 0) is 6.54 Å². The molecule has 21 heavy (non-hydrogen) atoms. The maximum absolute atomic E-state index is 13.7. The summed E-state index contributed by atoms with van der Waals surface area (Å²) in [4.78, 5) is 4.58. The average molecular weight is 296 g/mol. The lowest BCUT2D eigenvalue weighted by atomic mass is 10.1. The van der Waals surface area contributed by atoms with Crippen molar-refractivity contribution in [2.45, 2.75) is 26.0 Å². The maximum Gasteiger partial charge on any atom is 0.165 e. The largest absolute Gasteiger partial charge is 0.494 e. The van der Waals surface area contributed by atoms with Crippen molar-refractivity contribution in [2.75, 3.05) is 39.8 Å². The fourth-order valence-electron chi connectivity index (χ4n) is 2.72. The normalized spacial score (nSPS) is 18.0. The maximum atomic E-state index is 13.7. The molecule has 1 aromatic rings. The van der Waals surface area contributed by atoms with Gasteiger partial charge in [0.1, 0.15) is 0 Å². The summed E-state index contributed by atoms with van der Waals surface area (Å²) >= 11 is 0. The third-order valence-electron chi connectivity index (χ3n) is 3.70. The van der Waals surface area contributed by atoms with E-state index in [-0.39, 0.29) is 11.6 Å². The zero-order valence-electron chi connectivity index (χ0n) is 13.1. The monoisotopic (exact) mass is 296 g/mol. The van der Waals surface area contributed by atoms with E-state index in [1.165, 1.54) is 7.11 Å². The quantitative estimate of drug-likeness (QED) is 0.897. The smallest absolute Gasteiger partial charge is 0.165 e. The van der Waals surface area contributed by atoms with Gasteiger partial charge in [-0.15, -0.1) is 0 Å². The lowest BCUT2D eigenvalue weighted by Crippen LogP contribution is -2.50. The van der Waals surface area contributed by atoms with E-state index in [9.17, 15) is 9.50 Å². The van der Waals surface area contributed by atoms with E-state index in [1.54, 1.807) is 12.1 Å². The molecule has 0 saturated carbocycles. The Hall–Kier alpha value is -1.17. The summed E-state index contributed by atoms with van der Waals surface area (Å²) in [5.41, 5.74) is 0.311. The molecule has 0 unspecified atom stereocenters. The number of halogens is 1.